The first-order valence-electron chi connectivity index (χ1n) is 8.40. The Bertz CT molecular complexity index is 550. The van der Waals surface area contributed by atoms with Gasteiger partial charge in [0.1, 0.15) is 0 Å². The number of rotatable bonds is 5. The van der Waals surface area contributed by atoms with Crippen molar-refractivity contribution in [3.05, 3.63) is 33.8 Å². The summed E-state index contributed by atoms with van der Waals surface area (Å²) in [6, 6.07) is 6.11. The van der Waals surface area contributed by atoms with Gasteiger partial charge in [0.05, 0.1) is 15.5 Å². The second kappa shape index (κ2) is 7.87. The van der Waals surface area contributed by atoms with Crippen LogP contribution in [-0.2, 0) is 10.2 Å². The van der Waals surface area contributed by atoms with Crippen LogP contribution in [0.5, 0.6) is 0 Å². The van der Waals surface area contributed by atoms with E-state index in [1.807, 2.05) is 24.1 Å². The van der Waals surface area contributed by atoms with E-state index in [1.165, 1.54) is 0 Å². The molecule has 5 heteroatoms. The van der Waals surface area contributed by atoms with E-state index in [9.17, 15) is 4.79 Å². The van der Waals surface area contributed by atoms with E-state index in [4.69, 9.17) is 23.2 Å². The third-order valence-corrected chi connectivity index (χ3v) is 6.02. The maximum Gasteiger partial charge on any atom is 0.233 e. The molecular weight excluding hydrogens is 331 g/mol. The third-order valence-electron chi connectivity index (χ3n) is 5.28. The van der Waals surface area contributed by atoms with Gasteiger partial charge in [-0.3, -0.25) is 4.79 Å². The van der Waals surface area contributed by atoms with Crippen molar-refractivity contribution in [2.24, 2.45) is 0 Å². The lowest BCUT2D eigenvalue weighted by Crippen LogP contribution is -2.51. The van der Waals surface area contributed by atoms with E-state index in [1.54, 1.807) is 6.07 Å². The number of amides is 1. The summed E-state index contributed by atoms with van der Waals surface area (Å²) in [5.41, 5.74) is 0.457. The van der Waals surface area contributed by atoms with E-state index in [0.29, 0.717) is 16.1 Å². The van der Waals surface area contributed by atoms with Crippen LogP contribution in [0.2, 0.25) is 10.0 Å². The molecule has 1 fully saturated rings. The minimum atomic E-state index is -0.513. The fourth-order valence-electron chi connectivity index (χ4n) is 3.55. The highest BCUT2D eigenvalue weighted by Gasteiger charge is 2.40. The minimum absolute atomic E-state index is 0.218. The van der Waals surface area contributed by atoms with Crippen LogP contribution in [0.25, 0.3) is 0 Å². The standard InChI is InChI=1S/C18H26Cl2N2O/c1-4-18(5-2,13-6-7-15(19)16(20)12-13)17(23)22-10-8-14(21-3)9-11-22/h6-7,12,14,21H,4-5,8-11H2,1-3H3. The van der Waals surface area contributed by atoms with E-state index in [-0.39, 0.29) is 5.91 Å². The molecule has 1 saturated heterocycles. The zero-order valence-corrected chi connectivity index (χ0v) is 15.7. The molecule has 23 heavy (non-hydrogen) atoms. The van der Waals surface area contributed by atoms with Gasteiger partial charge in [0.15, 0.2) is 0 Å². The summed E-state index contributed by atoms with van der Waals surface area (Å²) in [6.07, 6.45) is 3.53. The number of likely N-dealkylation sites (tertiary alicyclic amines) is 1. The molecule has 128 valence electrons. The Labute approximate surface area is 149 Å². The molecule has 0 saturated carbocycles. The van der Waals surface area contributed by atoms with Gasteiger partial charge in [-0.25, -0.2) is 0 Å². The first-order valence-corrected chi connectivity index (χ1v) is 9.16. The zero-order valence-electron chi connectivity index (χ0n) is 14.2. The highest BCUT2D eigenvalue weighted by Crippen LogP contribution is 2.37. The van der Waals surface area contributed by atoms with Gasteiger partial charge in [-0.2, -0.15) is 0 Å². The molecule has 2 rings (SSSR count). The second-order valence-corrected chi connectivity index (χ2v) is 7.09. The lowest BCUT2D eigenvalue weighted by atomic mass is 9.74. The van der Waals surface area contributed by atoms with Crippen LogP contribution in [0.1, 0.15) is 45.1 Å². The summed E-state index contributed by atoms with van der Waals surface area (Å²) in [4.78, 5) is 15.3. The molecule has 0 radical (unpaired) electrons. The third kappa shape index (κ3) is 3.67. The zero-order chi connectivity index (χ0) is 17.0. The largest absolute Gasteiger partial charge is 0.342 e. The van der Waals surface area contributed by atoms with Crippen LogP contribution in [0.3, 0.4) is 0 Å². The number of benzene rings is 1. The maximum absolute atomic E-state index is 13.3. The number of piperidine rings is 1. The Hall–Kier alpha value is -0.770. The van der Waals surface area contributed by atoms with E-state index >= 15 is 0 Å². The predicted molar refractivity (Wildman–Crippen MR) is 97.4 cm³/mol. The SMILES string of the molecule is CCC(CC)(C(=O)N1CCC(NC)CC1)c1ccc(Cl)c(Cl)c1. The lowest BCUT2D eigenvalue weighted by molar-refractivity contribution is -0.139. The van der Waals surface area contributed by atoms with Crippen molar-refractivity contribution >= 4 is 29.1 Å². The number of carbonyl (C=O) groups excluding carboxylic acids is 1. The topological polar surface area (TPSA) is 32.3 Å². The number of nitrogens with zero attached hydrogens (tertiary/aromatic N) is 1. The second-order valence-electron chi connectivity index (χ2n) is 6.27. The van der Waals surface area contributed by atoms with Crippen LogP contribution >= 0.6 is 23.2 Å². The van der Waals surface area contributed by atoms with Crippen LogP contribution in [0.15, 0.2) is 18.2 Å². The van der Waals surface area contributed by atoms with Gasteiger partial charge in [0, 0.05) is 19.1 Å². The summed E-state index contributed by atoms with van der Waals surface area (Å²) in [6.45, 7) is 5.77. The van der Waals surface area contributed by atoms with E-state index < -0.39 is 5.41 Å². The van der Waals surface area contributed by atoms with E-state index in [2.05, 4.69) is 19.2 Å². The first-order chi connectivity index (χ1) is 11.0. The average molecular weight is 357 g/mol. The van der Waals surface area contributed by atoms with Crippen LogP contribution in [0.4, 0.5) is 0 Å². The van der Waals surface area contributed by atoms with Gasteiger partial charge < -0.3 is 10.2 Å². The van der Waals surface area contributed by atoms with Gasteiger partial charge in [-0.15, -0.1) is 0 Å². The minimum Gasteiger partial charge on any atom is -0.342 e. The summed E-state index contributed by atoms with van der Waals surface area (Å²) in [5.74, 6) is 0.218. The fraction of sp³-hybridized carbons (Fsp3) is 0.611. The molecule has 0 bridgehead atoms. The summed E-state index contributed by atoms with van der Waals surface area (Å²) in [5, 5.41) is 4.34. The molecule has 1 heterocycles. The van der Waals surface area contributed by atoms with Crippen molar-refractivity contribution in [3.8, 4) is 0 Å². The normalized spacial score (nSPS) is 16.7. The van der Waals surface area contributed by atoms with E-state index in [0.717, 1.165) is 44.3 Å². The maximum atomic E-state index is 13.3. The van der Waals surface area contributed by atoms with Gasteiger partial charge in [-0.1, -0.05) is 43.1 Å². The highest BCUT2D eigenvalue weighted by atomic mass is 35.5. The Morgan fingerprint density at radius 2 is 1.83 bits per heavy atom. The van der Waals surface area contributed by atoms with Crippen molar-refractivity contribution in [1.82, 2.24) is 10.2 Å². The molecule has 0 aliphatic carbocycles. The molecule has 0 aromatic heterocycles. The molecule has 3 nitrogen and oxygen atoms in total. The molecule has 1 N–H and O–H groups in total. The fourth-order valence-corrected chi connectivity index (χ4v) is 3.85. The molecule has 0 atom stereocenters. The van der Waals surface area contributed by atoms with Crippen LogP contribution in [-0.4, -0.2) is 37.0 Å². The molecule has 1 aromatic rings. The Balaban J connectivity index is 2.29. The summed E-state index contributed by atoms with van der Waals surface area (Å²) >= 11 is 12.2. The number of halogens is 2. The summed E-state index contributed by atoms with van der Waals surface area (Å²) < 4.78 is 0. The van der Waals surface area contributed by atoms with Crippen molar-refractivity contribution in [3.63, 3.8) is 0 Å². The lowest BCUT2D eigenvalue weighted by Gasteiger charge is -2.40. The monoisotopic (exact) mass is 356 g/mol. The number of hydrogen-bond donors (Lipinski definition) is 1. The van der Waals surface area contributed by atoms with Crippen LogP contribution < -0.4 is 5.32 Å². The molecular formula is C18H26Cl2N2O. The predicted octanol–water partition coefficient (Wildman–Crippen LogP) is 4.26. The molecule has 1 aromatic carbocycles. The number of nitrogens with one attached hydrogen (secondary N) is 1. The van der Waals surface area contributed by atoms with Gasteiger partial charge in [-0.05, 0) is 50.4 Å². The van der Waals surface area contributed by atoms with Crippen molar-refractivity contribution in [2.45, 2.75) is 51.0 Å². The van der Waals surface area contributed by atoms with Gasteiger partial charge >= 0.3 is 0 Å². The molecule has 0 spiro atoms. The van der Waals surface area contributed by atoms with Crippen molar-refractivity contribution < 1.29 is 4.79 Å². The quantitative estimate of drug-likeness (QED) is 0.854. The molecule has 0 unspecified atom stereocenters. The van der Waals surface area contributed by atoms with Gasteiger partial charge in [0.2, 0.25) is 5.91 Å². The Kier molecular flexibility index (Phi) is 6.35. The molecule has 1 amide bonds. The Morgan fingerprint density at radius 3 is 2.30 bits per heavy atom. The Morgan fingerprint density at radius 1 is 1.22 bits per heavy atom. The van der Waals surface area contributed by atoms with Gasteiger partial charge in [0.25, 0.3) is 0 Å². The average Bonchev–Trinajstić information content (AvgIpc) is 2.59. The smallest absolute Gasteiger partial charge is 0.233 e. The van der Waals surface area contributed by atoms with Crippen molar-refractivity contribution in [2.75, 3.05) is 20.1 Å². The molecule has 1 aliphatic heterocycles. The highest BCUT2D eigenvalue weighted by molar-refractivity contribution is 6.42. The first kappa shape index (κ1) is 18.6. The van der Waals surface area contributed by atoms with Crippen LogP contribution in [0, 0.1) is 0 Å². The number of carbonyl (C=O) groups is 1. The summed E-state index contributed by atoms with van der Waals surface area (Å²) in [7, 11) is 1.99. The van der Waals surface area contributed by atoms with Crippen molar-refractivity contribution in [1.29, 1.82) is 0 Å². The number of hydrogen-bond acceptors (Lipinski definition) is 2. The molecule has 1 aliphatic rings.